The SMILES string of the molecule is CNC(=O)O/N=C1\CSC(C)(C)S1. The van der Waals surface area contributed by atoms with E-state index in [1.807, 2.05) is 0 Å². The summed E-state index contributed by atoms with van der Waals surface area (Å²) < 4.78 is 0.144. The maximum absolute atomic E-state index is 10.7. The highest BCUT2D eigenvalue weighted by Gasteiger charge is 2.30. The van der Waals surface area contributed by atoms with E-state index in [0.717, 1.165) is 10.8 Å². The van der Waals surface area contributed by atoms with E-state index in [4.69, 9.17) is 0 Å². The molecule has 1 heterocycles. The third-order valence-corrected chi connectivity index (χ3v) is 4.19. The standard InChI is InChI=1S/C7H12N2O2S2/c1-7(2)12-4-5(13-7)9-11-6(10)8-3/h4H2,1-3H3,(H,8,10)/b9-5+. The first-order valence-corrected chi connectivity index (χ1v) is 5.62. The van der Waals surface area contributed by atoms with Crippen LogP contribution >= 0.6 is 23.5 Å². The third kappa shape index (κ3) is 3.48. The zero-order valence-electron chi connectivity index (χ0n) is 7.79. The van der Waals surface area contributed by atoms with Crippen LogP contribution in [0, 0.1) is 0 Å². The van der Waals surface area contributed by atoms with Crippen LogP contribution in [-0.2, 0) is 4.84 Å². The molecule has 1 saturated heterocycles. The predicted molar refractivity (Wildman–Crippen MR) is 57.1 cm³/mol. The van der Waals surface area contributed by atoms with Gasteiger partial charge in [0.1, 0.15) is 5.04 Å². The number of nitrogens with one attached hydrogen (secondary N) is 1. The van der Waals surface area contributed by atoms with Crippen molar-refractivity contribution in [2.45, 2.75) is 17.9 Å². The van der Waals surface area contributed by atoms with Gasteiger partial charge in [-0.25, -0.2) is 4.79 Å². The summed E-state index contributed by atoms with van der Waals surface area (Å²) in [6.45, 7) is 4.23. The summed E-state index contributed by atoms with van der Waals surface area (Å²) in [4.78, 5) is 15.2. The number of hydrogen-bond acceptors (Lipinski definition) is 5. The Morgan fingerprint density at radius 2 is 2.38 bits per heavy atom. The molecule has 0 bridgehead atoms. The first-order valence-electron chi connectivity index (χ1n) is 3.82. The van der Waals surface area contributed by atoms with E-state index in [2.05, 4.69) is 29.2 Å². The van der Waals surface area contributed by atoms with E-state index in [1.165, 1.54) is 7.05 Å². The molecule has 4 nitrogen and oxygen atoms in total. The summed E-state index contributed by atoms with van der Waals surface area (Å²) in [5.74, 6) is 0.814. The second-order valence-electron chi connectivity index (χ2n) is 2.90. The minimum absolute atomic E-state index is 0.144. The highest BCUT2D eigenvalue weighted by Crippen LogP contribution is 2.44. The molecule has 74 valence electrons. The van der Waals surface area contributed by atoms with Crippen molar-refractivity contribution in [3.63, 3.8) is 0 Å². The predicted octanol–water partition coefficient (Wildman–Crippen LogP) is 1.87. The molecule has 0 aromatic rings. The molecule has 0 unspecified atom stereocenters. The van der Waals surface area contributed by atoms with Crippen LogP contribution in [0.3, 0.4) is 0 Å². The molecule has 0 radical (unpaired) electrons. The summed E-state index contributed by atoms with van der Waals surface area (Å²) in [5, 5.41) is 6.92. The van der Waals surface area contributed by atoms with Crippen molar-refractivity contribution in [3.05, 3.63) is 0 Å². The van der Waals surface area contributed by atoms with E-state index in [9.17, 15) is 4.79 Å². The fraction of sp³-hybridized carbons (Fsp3) is 0.714. The smallest absolute Gasteiger partial charge is 0.323 e. The van der Waals surface area contributed by atoms with Crippen LogP contribution in [0.4, 0.5) is 4.79 Å². The van der Waals surface area contributed by atoms with E-state index in [0.29, 0.717) is 0 Å². The number of oxime groups is 1. The fourth-order valence-electron chi connectivity index (χ4n) is 0.761. The molecule has 0 aliphatic carbocycles. The van der Waals surface area contributed by atoms with E-state index in [1.54, 1.807) is 23.5 Å². The molecule has 13 heavy (non-hydrogen) atoms. The molecule has 1 aliphatic rings. The fourth-order valence-corrected chi connectivity index (χ4v) is 3.04. The molecular formula is C7H12N2O2S2. The van der Waals surface area contributed by atoms with E-state index in [-0.39, 0.29) is 4.08 Å². The molecule has 0 atom stereocenters. The minimum Gasteiger partial charge on any atom is -0.323 e. The maximum Gasteiger partial charge on any atom is 0.433 e. The van der Waals surface area contributed by atoms with Crippen LogP contribution in [0.5, 0.6) is 0 Å². The van der Waals surface area contributed by atoms with Crippen LogP contribution in [0.2, 0.25) is 0 Å². The van der Waals surface area contributed by atoms with Gasteiger partial charge in [0, 0.05) is 12.8 Å². The molecule has 1 rings (SSSR count). The van der Waals surface area contributed by atoms with Crippen molar-refractivity contribution < 1.29 is 9.63 Å². The van der Waals surface area contributed by atoms with Gasteiger partial charge in [-0.15, -0.1) is 11.8 Å². The zero-order chi connectivity index (χ0) is 9.90. The van der Waals surface area contributed by atoms with Gasteiger partial charge in [0.05, 0.1) is 4.08 Å². The Labute approximate surface area is 85.8 Å². The lowest BCUT2D eigenvalue weighted by molar-refractivity contribution is 0.153. The van der Waals surface area contributed by atoms with Crippen molar-refractivity contribution in [2.24, 2.45) is 5.16 Å². The van der Waals surface area contributed by atoms with E-state index < -0.39 is 6.09 Å². The van der Waals surface area contributed by atoms with Crippen LogP contribution in [0.1, 0.15) is 13.8 Å². The zero-order valence-corrected chi connectivity index (χ0v) is 9.42. The summed E-state index contributed by atoms with van der Waals surface area (Å²) in [5.41, 5.74) is 0. The molecule has 0 aromatic carbocycles. The summed E-state index contributed by atoms with van der Waals surface area (Å²) in [7, 11) is 1.50. The first kappa shape index (κ1) is 10.7. The van der Waals surface area contributed by atoms with Crippen LogP contribution in [0.15, 0.2) is 5.16 Å². The Balaban J connectivity index is 2.42. The van der Waals surface area contributed by atoms with Crippen molar-refractivity contribution >= 4 is 34.7 Å². The van der Waals surface area contributed by atoms with Gasteiger partial charge in [0.25, 0.3) is 0 Å². The normalized spacial score (nSPS) is 23.2. The molecule has 6 heteroatoms. The molecular weight excluding hydrogens is 208 g/mol. The van der Waals surface area contributed by atoms with Crippen molar-refractivity contribution in [1.29, 1.82) is 0 Å². The number of rotatable bonds is 1. The Morgan fingerprint density at radius 1 is 1.69 bits per heavy atom. The van der Waals surface area contributed by atoms with Crippen molar-refractivity contribution in [1.82, 2.24) is 5.32 Å². The highest BCUT2D eigenvalue weighted by atomic mass is 32.2. The second kappa shape index (κ2) is 4.23. The molecule has 1 aliphatic heterocycles. The lowest BCUT2D eigenvalue weighted by Crippen LogP contribution is -2.17. The summed E-state index contributed by atoms with van der Waals surface area (Å²) >= 11 is 3.42. The second-order valence-corrected chi connectivity index (χ2v) is 6.46. The monoisotopic (exact) mass is 220 g/mol. The first-order chi connectivity index (χ1) is 6.03. The number of carbonyl (C=O) groups is 1. The average Bonchev–Trinajstić information content (AvgIpc) is 2.41. The number of hydrogen-bond donors (Lipinski definition) is 1. The number of amides is 1. The number of nitrogens with zero attached hydrogens (tertiary/aromatic N) is 1. The van der Waals surface area contributed by atoms with Crippen molar-refractivity contribution in [3.8, 4) is 0 Å². The van der Waals surface area contributed by atoms with Gasteiger partial charge in [-0.1, -0.05) is 16.9 Å². The third-order valence-electron chi connectivity index (χ3n) is 1.34. The molecule has 1 N–H and O–H groups in total. The van der Waals surface area contributed by atoms with Crippen LogP contribution in [-0.4, -0.2) is 28.0 Å². The highest BCUT2D eigenvalue weighted by molar-refractivity contribution is 8.31. The van der Waals surface area contributed by atoms with Gasteiger partial charge in [-0.2, -0.15) is 0 Å². The molecule has 0 spiro atoms. The lowest BCUT2D eigenvalue weighted by Gasteiger charge is -2.11. The topological polar surface area (TPSA) is 50.7 Å². The van der Waals surface area contributed by atoms with Gasteiger partial charge in [0.15, 0.2) is 0 Å². The van der Waals surface area contributed by atoms with Gasteiger partial charge in [0.2, 0.25) is 0 Å². The largest absolute Gasteiger partial charge is 0.433 e. The number of thioether (sulfide) groups is 2. The van der Waals surface area contributed by atoms with Crippen LogP contribution < -0.4 is 5.32 Å². The average molecular weight is 220 g/mol. The van der Waals surface area contributed by atoms with Gasteiger partial charge >= 0.3 is 6.09 Å². The number of carbonyl (C=O) groups excluding carboxylic acids is 1. The van der Waals surface area contributed by atoms with Crippen LogP contribution in [0.25, 0.3) is 0 Å². The lowest BCUT2D eigenvalue weighted by atomic mass is 10.5. The van der Waals surface area contributed by atoms with Crippen molar-refractivity contribution in [2.75, 3.05) is 12.8 Å². The quantitative estimate of drug-likeness (QED) is 0.541. The van der Waals surface area contributed by atoms with Gasteiger partial charge < -0.3 is 5.32 Å². The van der Waals surface area contributed by atoms with E-state index >= 15 is 0 Å². The summed E-state index contributed by atoms with van der Waals surface area (Å²) in [6.07, 6.45) is -0.525. The molecule has 1 fully saturated rings. The Morgan fingerprint density at radius 3 is 2.85 bits per heavy atom. The Hall–Kier alpha value is -0.360. The Kier molecular flexibility index (Phi) is 3.49. The van der Waals surface area contributed by atoms with Gasteiger partial charge in [-0.3, -0.25) is 4.84 Å². The minimum atomic E-state index is -0.525. The maximum atomic E-state index is 10.7. The summed E-state index contributed by atoms with van der Waals surface area (Å²) in [6, 6.07) is 0. The molecule has 1 amide bonds. The van der Waals surface area contributed by atoms with Gasteiger partial charge in [-0.05, 0) is 13.8 Å². The molecule has 0 saturated carbocycles. The molecule has 0 aromatic heterocycles. The Bertz CT molecular complexity index is 241.